The Morgan fingerprint density at radius 3 is 2.38 bits per heavy atom. The molecule has 1 aromatic rings. The molecule has 0 aliphatic heterocycles. The Labute approximate surface area is 84.7 Å². The topological polar surface area (TPSA) is 46.2 Å². The Bertz CT molecular complexity index is 310. The third-order valence-corrected chi connectivity index (χ3v) is 2.33. The van der Waals surface area contributed by atoms with E-state index in [1.165, 1.54) is 6.07 Å². The van der Waals surface area contributed by atoms with Gasteiger partial charge < -0.3 is 10.8 Å². The first-order valence-electron chi connectivity index (χ1n) is 3.79. The molecule has 1 rings (SSSR count). The van der Waals surface area contributed by atoms with Crippen molar-refractivity contribution in [1.82, 2.24) is 0 Å². The van der Waals surface area contributed by atoms with Gasteiger partial charge in [0.15, 0.2) is 11.6 Å². The van der Waals surface area contributed by atoms with Crippen molar-refractivity contribution >= 4 is 15.9 Å². The molecule has 0 radical (unpaired) electrons. The molecule has 0 fully saturated rings. The number of halogens is 2. The van der Waals surface area contributed by atoms with Crippen LogP contribution in [-0.4, -0.2) is 5.11 Å². The number of aromatic hydroxyl groups is 1. The number of phenols is 1. The van der Waals surface area contributed by atoms with Crippen LogP contribution in [0.3, 0.4) is 0 Å². The van der Waals surface area contributed by atoms with E-state index in [1.807, 2.05) is 0 Å². The highest BCUT2D eigenvalue weighted by molar-refractivity contribution is 9.10. The third kappa shape index (κ3) is 2.19. The van der Waals surface area contributed by atoms with Crippen molar-refractivity contribution in [2.75, 3.05) is 0 Å². The molecular formula is C9H11BrFNO. The Morgan fingerprint density at radius 1 is 1.46 bits per heavy atom. The van der Waals surface area contributed by atoms with Crippen molar-refractivity contribution in [2.45, 2.75) is 19.4 Å². The summed E-state index contributed by atoms with van der Waals surface area (Å²) in [6.07, 6.45) is 0. The van der Waals surface area contributed by atoms with Crippen molar-refractivity contribution in [2.24, 2.45) is 5.73 Å². The van der Waals surface area contributed by atoms with Gasteiger partial charge in [-0.15, -0.1) is 0 Å². The largest absolute Gasteiger partial charge is 0.505 e. The van der Waals surface area contributed by atoms with Gasteiger partial charge in [0.05, 0.1) is 4.47 Å². The number of nitrogens with two attached hydrogens (primary N) is 1. The lowest BCUT2D eigenvalue weighted by atomic mass is 9.95. The first-order chi connectivity index (χ1) is 5.82. The number of phenolic OH excluding ortho intramolecular Hbond substituents is 1. The molecule has 0 heterocycles. The summed E-state index contributed by atoms with van der Waals surface area (Å²) < 4.78 is 13.2. The van der Waals surface area contributed by atoms with Crippen molar-refractivity contribution in [3.63, 3.8) is 0 Å². The van der Waals surface area contributed by atoms with Crippen LogP contribution in [0, 0.1) is 5.82 Å². The molecule has 0 amide bonds. The average molecular weight is 248 g/mol. The van der Waals surface area contributed by atoms with Gasteiger partial charge in [0, 0.05) is 5.54 Å². The van der Waals surface area contributed by atoms with Gasteiger partial charge in [-0.05, 0) is 47.5 Å². The Balaban J connectivity index is 3.29. The summed E-state index contributed by atoms with van der Waals surface area (Å²) in [5.41, 5.74) is 5.88. The minimum atomic E-state index is -0.659. The Kier molecular flexibility index (Phi) is 2.63. The zero-order valence-corrected chi connectivity index (χ0v) is 9.02. The second kappa shape index (κ2) is 3.27. The van der Waals surface area contributed by atoms with Crippen molar-refractivity contribution in [1.29, 1.82) is 0 Å². The number of hydrogen-bond acceptors (Lipinski definition) is 2. The van der Waals surface area contributed by atoms with Crippen LogP contribution in [0.5, 0.6) is 5.75 Å². The van der Waals surface area contributed by atoms with Crippen LogP contribution in [0.15, 0.2) is 16.6 Å². The highest BCUT2D eigenvalue weighted by atomic mass is 79.9. The zero-order valence-electron chi connectivity index (χ0n) is 7.44. The fourth-order valence-corrected chi connectivity index (χ4v) is 1.40. The molecule has 0 atom stereocenters. The lowest BCUT2D eigenvalue weighted by Gasteiger charge is -2.19. The molecule has 0 saturated carbocycles. The van der Waals surface area contributed by atoms with Gasteiger partial charge in [-0.25, -0.2) is 4.39 Å². The van der Waals surface area contributed by atoms with E-state index in [2.05, 4.69) is 15.9 Å². The van der Waals surface area contributed by atoms with E-state index in [0.717, 1.165) is 0 Å². The predicted molar refractivity (Wildman–Crippen MR) is 53.0 cm³/mol. The smallest absolute Gasteiger partial charge is 0.178 e. The normalized spacial score (nSPS) is 11.8. The van der Waals surface area contributed by atoms with E-state index in [4.69, 9.17) is 5.73 Å². The van der Waals surface area contributed by atoms with Crippen LogP contribution in [-0.2, 0) is 5.54 Å². The Hall–Kier alpha value is -0.610. The lowest BCUT2D eigenvalue weighted by molar-refractivity contribution is 0.426. The molecule has 3 N–H and O–H groups in total. The molecule has 0 spiro atoms. The zero-order chi connectivity index (χ0) is 10.2. The number of rotatable bonds is 1. The molecule has 1 aromatic carbocycles. The van der Waals surface area contributed by atoms with Gasteiger partial charge >= 0.3 is 0 Å². The summed E-state index contributed by atoms with van der Waals surface area (Å²) >= 11 is 3.00. The summed E-state index contributed by atoms with van der Waals surface area (Å²) in [5.74, 6) is -1.05. The second-order valence-electron chi connectivity index (χ2n) is 3.51. The summed E-state index contributed by atoms with van der Waals surface area (Å²) in [4.78, 5) is 0. The quantitative estimate of drug-likeness (QED) is 0.801. The monoisotopic (exact) mass is 247 g/mol. The maximum absolute atomic E-state index is 13.0. The van der Waals surface area contributed by atoms with Gasteiger partial charge in [0.2, 0.25) is 0 Å². The van der Waals surface area contributed by atoms with Crippen molar-refractivity contribution in [3.8, 4) is 5.75 Å². The molecule has 2 nitrogen and oxygen atoms in total. The average Bonchev–Trinajstić information content (AvgIpc) is 1.97. The molecule has 0 aromatic heterocycles. The van der Waals surface area contributed by atoms with Crippen LogP contribution in [0.1, 0.15) is 19.4 Å². The van der Waals surface area contributed by atoms with Crippen LogP contribution in [0.2, 0.25) is 0 Å². The summed E-state index contributed by atoms with van der Waals surface area (Å²) in [5, 5.41) is 9.18. The highest BCUT2D eigenvalue weighted by Crippen LogP contribution is 2.30. The van der Waals surface area contributed by atoms with E-state index < -0.39 is 11.4 Å². The first-order valence-corrected chi connectivity index (χ1v) is 4.59. The highest BCUT2D eigenvalue weighted by Gasteiger charge is 2.18. The molecule has 72 valence electrons. The SMILES string of the molecule is CC(C)(N)c1cc(O)c(F)c(Br)c1. The van der Waals surface area contributed by atoms with Crippen molar-refractivity contribution < 1.29 is 9.50 Å². The van der Waals surface area contributed by atoms with Gasteiger partial charge in [-0.3, -0.25) is 0 Å². The maximum atomic E-state index is 13.0. The minimum absolute atomic E-state index is 0.223. The van der Waals surface area contributed by atoms with Gasteiger partial charge in [0.1, 0.15) is 0 Å². The number of hydrogen-bond donors (Lipinski definition) is 2. The van der Waals surface area contributed by atoms with Gasteiger partial charge in [-0.1, -0.05) is 0 Å². The van der Waals surface area contributed by atoms with Crippen LogP contribution in [0.25, 0.3) is 0 Å². The minimum Gasteiger partial charge on any atom is -0.505 e. The van der Waals surface area contributed by atoms with Crippen LogP contribution < -0.4 is 5.73 Å². The molecule has 0 unspecified atom stereocenters. The molecule has 0 aliphatic carbocycles. The van der Waals surface area contributed by atoms with Crippen LogP contribution >= 0.6 is 15.9 Å². The lowest BCUT2D eigenvalue weighted by Crippen LogP contribution is -2.28. The van der Waals surface area contributed by atoms with E-state index >= 15 is 0 Å². The number of benzene rings is 1. The van der Waals surface area contributed by atoms with E-state index in [0.29, 0.717) is 5.56 Å². The molecule has 4 heteroatoms. The fourth-order valence-electron chi connectivity index (χ4n) is 0.947. The molecule has 0 aliphatic rings. The summed E-state index contributed by atoms with van der Waals surface area (Å²) in [6.45, 7) is 3.57. The molecule has 0 bridgehead atoms. The second-order valence-corrected chi connectivity index (χ2v) is 4.37. The Morgan fingerprint density at radius 2 is 2.00 bits per heavy atom. The summed E-state index contributed by atoms with van der Waals surface area (Å²) in [6, 6.07) is 2.90. The van der Waals surface area contributed by atoms with Crippen molar-refractivity contribution in [3.05, 3.63) is 28.0 Å². The van der Waals surface area contributed by atoms with Gasteiger partial charge in [0.25, 0.3) is 0 Å². The standard InChI is InChI=1S/C9H11BrFNO/c1-9(2,12)5-3-6(10)8(11)7(13)4-5/h3-4,13H,12H2,1-2H3. The molecule has 0 saturated heterocycles. The predicted octanol–water partition coefficient (Wildman–Crippen LogP) is 2.49. The third-order valence-electron chi connectivity index (χ3n) is 1.75. The van der Waals surface area contributed by atoms with Gasteiger partial charge in [-0.2, -0.15) is 0 Å². The molecular weight excluding hydrogens is 237 g/mol. The van der Waals surface area contributed by atoms with E-state index in [9.17, 15) is 9.50 Å². The fraction of sp³-hybridized carbons (Fsp3) is 0.333. The van der Waals surface area contributed by atoms with Crippen LogP contribution in [0.4, 0.5) is 4.39 Å². The maximum Gasteiger partial charge on any atom is 0.178 e. The van der Waals surface area contributed by atoms with E-state index in [-0.39, 0.29) is 10.2 Å². The summed E-state index contributed by atoms with van der Waals surface area (Å²) in [7, 11) is 0. The first kappa shape index (κ1) is 10.5. The molecule has 13 heavy (non-hydrogen) atoms. The van der Waals surface area contributed by atoms with E-state index in [1.54, 1.807) is 19.9 Å².